The molecule has 1 aliphatic rings. The molecule has 0 aliphatic heterocycles. The Balaban J connectivity index is 1.82. The van der Waals surface area contributed by atoms with Crippen molar-refractivity contribution in [1.29, 1.82) is 0 Å². The van der Waals surface area contributed by atoms with Crippen LogP contribution in [0.25, 0.3) is 0 Å². The second kappa shape index (κ2) is 5.45. The molecule has 0 N–H and O–H groups in total. The Kier molecular flexibility index (Phi) is 3.69. The Morgan fingerprint density at radius 3 is 2.68 bits per heavy atom. The zero-order valence-corrected chi connectivity index (χ0v) is 12.8. The van der Waals surface area contributed by atoms with E-state index in [9.17, 15) is 4.79 Å². The highest BCUT2D eigenvalue weighted by molar-refractivity contribution is 14.1. The number of rotatable bonds is 3. The van der Waals surface area contributed by atoms with E-state index >= 15 is 0 Å². The van der Waals surface area contributed by atoms with Crippen LogP contribution in [0.3, 0.4) is 0 Å². The Morgan fingerprint density at radius 2 is 1.84 bits per heavy atom. The summed E-state index contributed by atoms with van der Waals surface area (Å²) in [6, 6.07) is 14.3. The smallest absolute Gasteiger partial charge is 0.168 e. The van der Waals surface area contributed by atoms with Gasteiger partial charge >= 0.3 is 0 Å². The number of carbonyl (C=O) groups excluding carboxylic acids is 1. The zero-order valence-electron chi connectivity index (χ0n) is 10.7. The molecule has 1 aliphatic carbocycles. The third kappa shape index (κ3) is 2.73. The van der Waals surface area contributed by atoms with Gasteiger partial charge in [-0.1, -0.05) is 36.4 Å². The molecule has 0 saturated heterocycles. The summed E-state index contributed by atoms with van der Waals surface area (Å²) < 4.78 is 1.03. The number of hydrogen-bond acceptors (Lipinski definition) is 1. The molecule has 19 heavy (non-hydrogen) atoms. The molecule has 96 valence electrons. The van der Waals surface area contributed by atoms with Crippen molar-refractivity contribution in [2.24, 2.45) is 0 Å². The largest absolute Gasteiger partial charge is 0.294 e. The minimum atomic E-state index is 0.211. The molecule has 2 heteroatoms. The SMILES string of the molecule is O=C(Cc1ccc2c(c1)CCC2)c1ccccc1I. The summed E-state index contributed by atoms with van der Waals surface area (Å²) in [6.07, 6.45) is 4.12. The molecule has 0 radical (unpaired) electrons. The van der Waals surface area contributed by atoms with E-state index in [2.05, 4.69) is 40.8 Å². The van der Waals surface area contributed by atoms with E-state index in [1.807, 2.05) is 24.3 Å². The quantitative estimate of drug-likeness (QED) is 0.591. The van der Waals surface area contributed by atoms with Crippen molar-refractivity contribution in [1.82, 2.24) is 0 Å². The summed E-state index contributed by atoms with van der Waals surface area (Å²) in [4.78, 5) is 12.3. The van der Waals surface area contributed by atoms with Crippen LogP contribution in [0.15, 0.2) is 42.5 Å². The number of hydrogen-bond donors (Lipinski definition) is 0. The van der Waals surface area contributed by atoms with E-state index in [-0.39, 0.29) is 5.78 Å². The van der Waals surface area contributed by atoms with Crippen LogP contribution in [0.4, 0.5) is 0 Å². The van der Waals surface area contributed by atoms with E-state index in [1.54, 1.807) is 0 Å². The fourth-order valence-corrected chi connectivity index (χ4v) is 3.39. The summed E-state index contributed by atoms with van der Waals surface area (Å²) in [5, 5.41) is 0. The van der Waals surface area contributed by atoms with Gasteiger partial charge in [0.25, 0.3) is 0 Å². The van der Waals surface area contributed by atoms with Gasteiger partial charge in [0.05, 0.1) is 0 Å². The topological polar surface area (TPSA) is 17.1 Å². The monoisotopic (exact) mass is 362 g/mol. The van der Waals surface area contributed by atoms with Gasteiger partial charge in [0.1, 0.15) is 0 Å². The van der Waals surface area contributed by atoms with Gasteiger partial charge in [-0.2, -0.15) is 0 Å². The first-order valence-corrected chi connectivity index (χ1v) is 7.70. The van der Waals surface area contributed by atoms with Crippen LogP contribution in [0, 0.1) is 3.57 Å². The fourth-order valence-electron chi connectivity index (χ4n) is 2.70. The summed E-state index contributed by atoms with van der Waals surface area (Å²) >= 11 is 2.23. The number of Topliss-reactive ketones (excluding diaryl/α,β-unsaturated/α-hetero) is 1. The third-order valence-electron chi connectivity index (χ3n) is 3.70. The van der Waals surface area contributed by atoms with E-state index in [4.69, 9.17) is 0 Å². The number of benzene rings is 2. The van der Waals surface area contributed by atoms with Crippen molar-refractivity contribution in [3.05, 3.63) is 68.3 Å². The lowest BCUT2D eigenvalue weighted by molar-refractivity contribution is 0.0992. The molecule has 3 rings (SSSR count). The number of aryl methyl sites for hydroxylation is 2. The Bertz CT molecular complexity index is 631. The van der Waals surface area contributed by atoms with Crippen molar-refractivity contribution in [2.75, 3.05) is 0 Å². The van der Waals surface area contributed by atoms with Crippen LogP contribution < -0.4 is 0 Å². The molecule has 0 aromatic heterocycles. The molecule has 2 aromatic carbocycles. The molecule has 0 atom stereocenters. The van der Waals surface area contributed by atoms with E-state index in [0.717, 1.165) is 14.7 Å². The van der Waals surface area contributed by atoms with Crippen molar-refractivity contribution in [2.45, 2.75) is 25.7 Å². The van der Waals surface area contributed by atoms with Crippen LogP contribution in [0.5, 0.6) is 0 Å². The fraction of sp³-hybridized carbons (Fsp3) is 0.235. The second-order valence-electron chi connectivity index (χ2n) is 5.04. The average Bonchev–Trinajstić information content (AvgIpc) is 2.86. The molecule has 0 bridgehead atoms. The highest BCUT2D eigenvalue weighted by Crippen LogP contribution is 2.23. The lowest BCUT2D eigenvalue weighted by Crippen LogP contribution is -2.05. The normalized spacial score (nSPS) is 13.3. The summed E-state index contributed by atoms with van der Waals surface area (Å²) in [5.74, 6) is 0.211. The van der Waals surface area contributed by atoms with Gasteiger partial charge in [0.15, 0.2) is 5.78 Å². The van der Waals surface area contributed by atoms with Crippen LogP contribution >= 0.6 is 22.6 Å². The van der Waals surface area contributed by atoms with Gasteiger partial charge in [0, 0.05) is 15.6 Å². The summed E-state index contributed by atoms with van der Waals surface area (Å²) in [5.41, 5.74) is 4.88. The average molecular weight is 362 g/mol. The highest BCUT2D eigenvalue weighted by atomic mass is 127. The summed E-state index contributed by atoms with van der Waals surface area (Å²) in [7, 11) is 0. The maximum absolute atomic E-state index is 12.3. The van der Waals surface area contributed by atoms with Crippen LogP contribution in [0.2, 0.25) is 0 Å². The number of ketones is 1. The predicted octanol–water partition coefficient (Wildman–Crippen LogP) is 4.21. The number of halogens is 1. The first-order valence-electron chi connectivity index (χ1n) is 6.62. The van der Waals surface area contributed by atoms with E-state index < -0.39 is 0 Å². The number of fused-ring (bicyclic) bond motifs is 1. The molecular formula is C17H15IO. The molecule has 0 fully saturated rings. The maximum atomic E-state index is 12.3. The Morgan fingerprint density at radius 1 is 1.05 bits per heavy atom. The molecular weight excluding hydrogens is 347 g/mol. The molecule has 2 aromatic rings. The predicted molar refractivity (Wildman–Crippen MR) is 85.7 cm³/mol. The molecule has 0 saturated carbocycles. The van der Waals surface area contributed by atoms with Crippen molar-refractivity contribution >= 4 is 28.4 Å². The van der Waals surface area contributed by atoms with Gasteiger partial charge in [-0.25, -0.2) is 0 Å². The second-order valence-corrected chi connectivity index (χ2v) is 6.20. The van der Waals surface area contributed by atoms with Crippen molar-refractivity contribution < 1.29 is 4.79 Å². The van der Waals surface area contributed by atoms with Gasteiger partial charge in [-0.3, -0.25) is 4.79 Å². The highest BCUT2D eigenvalue weighted by Gasteiger charge is 2.14. The number of carbonyl (C=O) groups is 1. The van der Waals surface area contributed by atoms with Crippen LogP contribution in [0.1, 0.15) is 33.5 Å². The van der Waals surface area contributed by atoms with Crippen molar-refractivity contribution in [3.63, 3.8) is 0 Å². The Hall–Kier alpha value is -1.16. The van der Waals surface area contributed by atoms with Gasteiger partial charge < -0.3 is 0 Å². The minimum absolute atomic E-state index is 0.211. The van der Waals surface area contributed by atoms with E-state index in [1.165, 1.54) is 30.4 Å². The molecule has 0 unspecified atom stereocenters. The van der Waals surface area contributed by atoms with Gasteiger partial charge in [-0.05, 0) is 64.6 Å². The van der Waals surface area contributed by atoms with Crippen LogP contribution in [-0.2, 0) is 19.3 Å². The Labute approximate surface area is 127 Å². The first-order chi connectivity index (χ1) is 9.24. The molecule has 1 nitrogen and oxygen atoms in total. The third-order valence-corrected chi connectivity index (χ3v) is 4.64. The molecule has 0 heterocycles. The standard InChI is InChI=1S/C17H15IO/c18-16-7-2-1-6-15(16)17(19)11-12-8-9-13-4-3-5-14(13)10-12/h1-2,6-10H,3-5,11H2. The molecule has 0 amide bonds. The molecule has 0 spiro atoms. The van der Waals surface area contributed by atoms with Crippen LogP contribution in [-0.4, -0.2) is 5.78 Å². The van der Waals surface area contributed by atoms with Gasteiger partial charge in [-0.15, -0.1) is 0 Å². The maximum Gasteiger partial charge on any atom is 0.168 e. The van der Waals surface area contributed by atoms with Gasteiger partial charge in [0.2, 0.25) is 0 Å². The van der Waals surface area contributed by atoms with E-state index in [0.29, 0.717) is 6.42 Å². The minimum Gasteiger partial charge on any atom is -0.294 e. The zero-order chi connectivity index (χ0) is 13.2. The van der Waals surface area contributed by atoms with Crippen molar-refractivity contribution in [3.8, 4) is 0 Å². The lowest BCUT2D eigenvalue weighted by atomic mass is 10.00. The first kappa shape index (κ1) is 12.9. The lowest BCUT2D eigenvalue weighted by Gasteiger charge is -2.06. The summed E-state index contributed by atoms with van der Waals surface area (Å²) in [6.45, 7) is 0.